The molecule has 2 aliphatic rings. The van der Waals surface area contributed by atoms with Crippen molar-refractivity contribution in [1.29, 1.82) is 0 Å². The molecule has 7 heteroatoms. The molecule has 0 unspecified atom stereocenters. The second kappa shape index (κ2) is 7.93. The number of rotatable bonds is 7. The first-order valence-corrected chi connectivity index (χ1v) is 9.81. The van der Waals surface area contributed by atoms with Gasteiger partial charge >= 0.3 is 0 Å². The van der Waals surface area contributed by atoms with E-state index in [4.69, 9.17) is 6.42 Å². The van der Waals surface area contributed by atoms with Gasteiger partial charge in [-0.25, -0.2) is 0 Å². The largest absolute Gasteiger partial charge is 0.343 e. The molecule has 0 N–H and O–H groups in total. The van der Waals surface area contributed by atoms with E-state index in [9.17, 15) is 4.79 Å². The molecule has 2 aliphatic heterocycles. The molecule has 7 nitrogen and oxygen atoms in total. The van der Waals surface area contributed by atoms with Crippen LogP contribution in [-0.2, 0) is 4.79 Å². The summed E-state index contributed by atoms with van der Waals surface area (Å²) in [5, 5.41) is 16.7. The van der Waals surface area contributed by atoms with Gasteiger partial charge in [0.05, 0.1) is 0 Å². The zero-order valence-corrected chi connectivity index (χ0v) is 15.9. The van der Waals surface area contributed by atoms with Crippen molar-refractivity contribution in [3.8, 4) is 18.0 Å². The Balaban J connectivity index is 1.30. The van der Waals surface area contributed by atoms with Crippen LogP contribution < -0.4 is 0 Å². The van der Waals surface area contributed by atoms with Crippen molar-refractivity contribution in [3.63, 3.8) is 0 Å². The minimum absolute atomic E-state index is 0.181. The van der Waals surface area contributed by atoms with E-state index in [-0.39, 0.29) is 11.6 Å². The van der Waals surface area contributed by atoms with Gasteiger partial charge < -0.3 is 4.90 Å². The van der Waals surface area contributed by atoms with Crippen LogP contribution in [0.4, 0.5) is 0 Å². The van der Waals surface area contributed by atoms with Crippen molar-refractivity contribution in [2.45, 2.75) is 50.1 Å². The minimum Gasteiger partial charge on any atom is -0.343 e. The zero-order valence-electron chi connectivity index (χ0n) is 15.9. The molecule has 1 aromatic heterocycles. The van der Waals surface area contributed by atoms with Crippen molar-refractivity contribution in [2.24, 2.45) is 10.2 Å². The van der Waals surface area contributed by atoms with Gasteiger partial charge in [-0.05, 0) is 25.0 Å². The molecular weight excluding hydrogens is 352 g/mol. The highest BCUT2D eigenvalue weighted by Crippen LogP contribution is 2.38. The van der Waals surface area contributed by atoms with Crippen LogP contribution >= 0.6 is 0 Å². The Morgan fingerprint density at radius 3 is 2.61 bits per heavy atom. The second-order valence-electron chi connectivity index (χ2n) is 7.44. The molecule has 0 radical (unpaired) electrons. The molecule has 0 aliphatic carbocycles. The Bertz CT molecular complexity index is 883. The van der Waals surface area contributed by atoms with Crippen molar-refractivity contribution in [1.82, 2.24) is 19.7 Å². The smallest absolute Gasteiger partial charge is 0.222 e. The normalized spacial score (nSPS) is 18.0. The summed E-state index contributed by atoms with van der Waals surface area (Å²) in [7, 11) is 0. The van der Waals surface area contributed by atoms with Crippen LogP contribution in [0.2, 0.25) is 0 Å². The van der Waals surface area contributed by atoms with E-state index >= 15 is 0 Å². The van der Waals surface area contributed by atoms with E-state index in [0.29, 0.717) is 25.2 Å². The fraction of sp³-hybridized carbons (Fsp3) is 0.476. The first kappa shape index (κ1) is 18.4. The number of benzene rings is 1. The lowest BCUT2D eigenvalue weighted by molar-refractivity contribution is -0.132. The summed E-state index contributed by atoms with van der Waals surface area (Å²) < 4.78 is 2.05. The van der Waals surface area contributed by atoms with Crippen molar-refractivity contribution in [3.05, 3.63) is 42.5 Å². The van der Waals surface area contributed by atoms with Gasteiger partial charge in [-0.1, -0.05) is 18.2 Å². The summed E-state index contributed by atoms with van der Waals surface area (Å²) in [5.74, 6) is 4.08. The quantitative estimate of drug-likeness (QED) is 0.696. The number of carbonyl (C=O) groups excluding carboxylic acids is 1. The molecule has 144 valence electrons. The predicted molar refractivity (Wildman–Crippen MR) is 105 cm³/mol. The Morgan fingerprint density at radius 2 is 1.93 bits per heavy atom. The van der Waals surface area contributed by atoms with E-state index in [1.54, 1.807) is 6.33 Å². The van der Waals surface area contributed by atoms with Gasteiger partial charge in [0.15, 0.2) is 5.66 Å². The molecule has 0 spiro atoms. The summed E-state index contributed by atoms with van der Waals surface area (Å²) in [6.07, 6.45) is 11.4. The van der Waals surface area contributed by atoms with Crippen molar-refractivity contribution >= 4 is 5.91 Å². The highest BCUT2D eigenvalue weighted by molar-refractivity contribution is 5.76. The maximum absolute atomic E-state index is 12.6. The molecule has 2 aromatic rings. The minimum atomic E-state index is -0.382. The third-order valence-corrected chi connectivity index (χ3v) is 5.61. The molecule has 1 amide bonds. The van der Waals surface area contributed by atoms with Crippen LogP contribution in [0.5, 0.6) is 0 Å². The second-order valence-corrected chi connectivity index (χ2v) is 7.44. The fourth-order valence-electron chi connectivity index (χ4n) is 3.83. The number of carbonyl (C=O) groups is 1. The van der Waals surface area contributed by atoms with E-state index in [2.05, 4.69) is 38.5 Å². The van der Waals surface area contributed by atoms with Crippen LogP contribution in [0.1, 0.15) is 50.3 Å². The van der Waals surface area contributed by atoms with Gasteiger partial charge in [0.25, 0.3) is 0 Å². The topological polar surface area (TPSA) is 75.7 Å². The number of likely N-dealkylation sites (tertiary alicyclic amines) is 1. The Labute approximate surface area is 164 Å². The number of hydrogen-bond donors (Lipinski definition) is 0. The van der Waals surface area contributed by atoms with Crippen molar-refractivity contribution < 1.29 is 4.79 Å². The molecule has 1 aromatic carbocycles. The van der Waals surface area contributed by atoms with Crippen LogP contribution in [0.3, 0.4) is 0 Å². The Kier molecular flexibility index (Phi) is 5.20. The number of aromatic nitrogens is 3. The number of hydrogen-bond acceptors (Lipinski definition) is 5. The molecule has 1 fully saturated rings. The van der Waals surface area contributed by atoms with Crippen LogP contribution in [0.15, 0.2) is 46.9 Å². The lowest BCUT2D eigenvalue weighted by atomic mass is 9.95. The zero-order chi connectivity index (χ0) is 19.4. The molecule has 0 bridgehead atoms. The van der Waals surface area contributed by atoms with Gasteiger partial charge in [-0.15, -0.1) is 22.5 Å². The van der Waals surface area contributed by atoms with Gasteiger partial charge in [-0.3, -0.25) is 9.36 Å². The summed E-state index contributed by atoms with van der Waals surface area (Å²) in [6.45, 7) is 1.49. The SMILES string of the molecule is C#CCCC1(CCC(=O)N2CCC(c3nncn3-c3ccccc3)CC2)N=N1. The lowest BCUT2D eigenvalue weighted by Gasteiger charge is -2.32. The van der Waals surface area contributed by atoms with Crippen LogP contribution in [-0.4, -0.2) is 44.3 Å². The predicted octanol–water partition coefficient (Wildman–Crippen LogP) is 3.33. The molecule has 0 atom stereocenters. The summed E-state index contributed by atoms with van der Waals surface area (Å²) in [4.78, 5) is 14.6. The standard InChI is InChI=1S/C21H24N6O/c1-2-3-12-21(24-25-21)13-9-19(28)26-14-10-17(11-15-26)20-23-22-16-27(20)18-7-5-4-6-8-18/h1,4-8,16-17H,3,9-15H2. The third-order valence-electron chi connectivity index (χ3n) is 5.61. The van der Waals surface area contributed by atoms with Gasteiger partial charge in [-0.2, -0.15) is 10.2 Å². The first-order valence-electron chi connectivity index (χ1n) is 9.81. The van der Waals surface area contributed by atoms with E-state index in [1.165, 1.54) is 0 Å². The number of terminal acetylenes is 1. The molecule has 3 heterocycles. The summed E-state index contributed by atoms with van der Waals surface area (Å²) in [5.41, 5.74) is 0.683. The Morgan fingerprint density at radius 1 is 1.18 bits per heavy atom. The molecule has 4 rings (SSSR count). The molecular formula is C21H24N6O. The lowest BCUT2D eigenvalue weighted by Crippen LogP contribution is -2.38. The number of amides is 1. The monoisotopic (exact) mass is 376 g/mol. The molecule has 28 heavy (non-hydrogen) atoms. The maximum Gasteiger partial charge on any atom is 0.222 e. The van der Waals surface area contributed by atoms with Gasteiger partial charge in [0.1, 0.15) is 12.2 Å². The maximum atomic E-state index is 12.6. The number of nitrogens with zero attached hydrogens (tertiary/aromatic N) is 6. The summed E-state index contributed by atoms with van der Waals surface area (Å²) >= 11 is 0. The van der Waals surface area contributed by atoms with Gasteiger partial charge in [0, 0.05) is 50.4 Å². The highest BCUT2D eigenvalue weighted by atomic mass is 16.2. The van der Waals surface area contributed by atoms with E-state index in [0.717, 1.165) is 43.9 Å². The number of para-hydroxylation sites is 1. The first-order chi connectivity index (χ1) is 13.7. The van der Waals surface area contributed by atoms with Crippen LogP contribution in [0.25, 0.3) is 5.69 Å². The number of piperidine rings is 1. The third kappa shape index (κ3) is 3.96. The Hall–Kier alpha value is -3.01. The fourth-order valence-corrected chi connectivity index (χ4v) is 3.83. The summed E-state index contributed by atoms with van der Waals surface area (Å²) in [6, 6.07) is 10.1. The van der Waals surface area contributed by atoms with Crippen LogP contribution in [0, 0.1) is 12.3 Å². The average Bonchev–Trinajstić information content (AvgIpc) is 3.35. The highest BCUT2D eigenvalue weighted by Gasteiger charge is 2.40. The van der Waals surface area contributed by atoms with Crippen molar-refractivity contribution in [2.75, 3.05) is 13.1 Å². The van der Waals surface area contributed by atoms with E-state index < -0.39 is 0 Å². The molecule has 1 saturated heterocycles. The van der Waals surface area contributed by atoms with E-state index in [1.807, 2.05) is 27.7 Å². The molecule has 0 saturated carbocycles. The average molecular weight is 376 g/mol. The van der Waals surface area contributed by atoms with Gasteiger partial charge in [0.2, 0.25) is 5.91 Å².